The molecule has 1 atom stereocenters. The Balaban J connectivity index is 1.60. The van der Waals surface area contributed by atoms with E-state index < -0.39 is 0 Å². The van der Waals surface area contributed by atoms with E-state index in [1.807, 2.05) is 80.6 Å². The lowest BCUT2D eigenvalue weighted by atomic mass is 10.0. The summed E-state index contributed by atoms with van der Waals surface area (Å²) < 4.78 is 0. The molecule has 31 heavy (non-hydrogen) atoms. The third kappa shape index (κ3) is 6.46. The minimum atomic E-state index is -0.285. The molecule has 0 saturated carbocycles. The summed E-state index contributed by atoms with van der Waals surface area (Å²) in [5, 5.41) is 5.62. The third-order valence-electron chi connectivity index (χ3n) is 4.90. The number of hydrogen-bond acceptors (Lipinski definition) is 3. The SMILES string of the molecule is Cc1cccc(C(=O)Nc2cccc(SC(C)C(=O)Nc3ccc(C(C)C)cc3)c2)c1. The van der Waals surface area contributed by atoms with Crippen molar-refractivity contribution in [3.63, 3.8) is 0 Å². The van der Waals surface area contributed by atoms with Crippen LogP contribution in [0.1, 0.15) is 48.2 Å². The van der Waals surface area contributed by atoms with Gasteiger partial charge in [0.05, 0.1) is 5.25 Å². The smallest absolute Gasteiger partial charge is 0.255 e. The first-order chi connectivity index (χ1) is 14.8. The molecule has 0 aliphatic heterocycles. The van der Waals surface area contributed by atoms with Gasteiger partial charge in [-0.1, -0.05) is 49.7 Å². The summed E-state index contributed by atoms with van der Waals surface area (Å²) in [6, 6.07) is 23.0. The number of nitrogens with one attached hydrogen (secondary N) is 2. The molecule has 2 amide bonds. The summed E-state index contributed by atoms with van der Waals surface area (Å²) in [5.74, 6) is 0.246. The van der Waals surface area contributed by atoms with Crippen molar-refractivity contribution in [1.82, 2.24) is 0 Å². The predicted molar refractivity (Wildman–Crippen MR) is 130 cm³/mol. The summed E-state index contributed by atoms with van der Waals surface area (Å²) in [4.78, 5) is 26.0. The zero-order valence-electron chi connectivity index (χ0n) is 18.3. The number of thioether (sulfide) groups is 1. The molecular formula is C26H28N2O2S. The molecule has 0 aromatic heterocycles. The van der Waals surface area contributed by atoms with E-state index in [1.165, 1.54) is 17.3 Å². The quantitative estimate of drug-likeness (QED) is 0.420. The van der Waals surface area contributed by atoms with Gasteiger partial charge in [0.15, 0.2) is 0 Å². The Bertz CT molecular complexity index is 1060. The van der Waals surface area contributed by atoms with Gasteiger partial charge in [-0.05, 0) is 67.8 Å². The summed E-state index contributed by atoms with van der Waals surface area (Å²) >= 11 is 1.46. The van der Waals surface area contributed by atoms with Gasteiger partial charge in [-0.2, -0.15) is 0 Å². The van der Waals surface area contributed by atoms with Gasteiger partial charge in [0.2, 0.25) is 5.91 Å². The summed E-state index contributed by atoms with van der Waals surface area (Å²) in [6.07, 6.45) is 0. The average Bonchev–Trinajstić information content (AvgIpc) is 2.74. The van der Waals surface area contributed by atoms with E-state index in [2.05, 4.69) is 24.5 Å². The highest BCUT2D eigenvalue weighted by atomic mass is 32.2. The molecule has 160 valence electrons. The van der Waals surface area contributed by atoms with Gasteiger partial charge >= 0.3 is 0 Å². The molecule has 3 rings (SSSR count). The van der Waals surface area contributed by atoms with Gasteiger partial charge in [-0.15, -0.1) is 11.8 Å². The first kappa shape index (κ1) is 22.6. The van der Waals surface area contributed by atoms with E-state index in [0.29, 0.717) is 17.2 Å². The number of carbonyl (C=O) groups is 2. The van der Waals surface area contributed by atoms with Crippen LogP contribution in [0.25, 0.3) is 0 Å². The minimum Gasteiger partial charge on any atom is -0.325 e. The second-order valence-corrected chi connectivity index (χ2v) is 9.29. The molecule has 0 fully saturated rings. The zero-order chi connectivity index (χ0) is 22.4. The van der Waals surface area contributed by atoms with E-state index in [9.17, 15) is 9.59 Å². The van der Waals surface area contributed by atoms with Crippen LogP contribution in [0.5, 0.6) is 0 Å². The number of hydrogen-bond donors (Lipinski definition) is 2. The van der Waals surface area contributed by atoms with Crippen molar-refractivity contribution in [3.8, 4) is 0 Å². The molecule has 3 aromatic carbocycles. The molecule has 5 heteroatoms. The number of carbonyl (C=O) groups excluding carboxylic acids is 2. The van der Waals surface area contributed by atoms with Gasteiger partial charge in [-0.3, -0.25) is 9.59 Å². The highest BCUT2D eigenvalue weighted by Gasteiger charge is 2.15. The van der Waals surface area contributed by atoms with E-state index >= 15 is 0 Å². The van der Waals surface area contributed by atoms with Gasteiger partial charge in [-0.25, -0.2) is 0 Å². The predicted octanol–water partition coefficient (Wildman–Crippen LogP) is 6.49. The van der Waals surface area contributed by atoms with E-state index in [0.717, 1.165) is 16.1 Å². The van der Waals surface area contributed by atoms with Crippen molar-refractivity contribution in [3.05, 3.63) is 89.5 Å². The lowest BCUT2D eigenvalue weighted by molar-refractivity contribution is -0.115. The molecule has 0 saturated heterocycles. The van der Waals surface area contributed by atoms with Crippen molar-refractivity contribution in [2.75, 3.05) is 10.6 Å². The fraction of sp³-hybridized carbons (Fsp3) is 0.231. The second kappa shape index (κ2) is 10.3. The standard InChI is InChI=1S/C26H28N2O2S/c1-17(2)20-11-13-22(14-12-20)27-25(29)19(4)31-24-10-6-9-23(16-24)28-26(30)21-8-5-7-18(3)15-21/h5-17,19H,1-4H3,(H,27,29)(H,28,30). The topological polar surface area (TPSA) is 58.2 Å². The highest BCUT2D eigenvalue weighted by Crippen LogP contribution is 2.27. The Labute approximate surface area is 188 Å². The first-order valence-corrected chi connectivity index (χ1v) is 11.3. The second-order valence-electron chi connectivity index (χ2n) is 7.88. The molecule has 0 bridgehead atoms. The zero-order valence-corrected chi connectivity index (χ0v) is 19.1. The van der Waals surface area contributed by atoms with E-state index in [-0.39, 0.29) is 17.1 Å². The van der Waals surface area contributed by atoms with Crippen molar-refractivity contribution in [2.45, 2.75) is 43.8 Å². The number of anilines is 2. The number of benzene rings is 3. The van der Waals surface area contributed by atoms with Crippen LogP contribution in [0.4, 0.5) is 11.4 Å². The van der Waals surface area contributed by atoms with Crippen molar-refractivity contribution >= 4 is 35.0 Å². The molecule has 0 aliphatic carbocycles. The van der Waals surface area contributed by atoms with Crippen LogP contribution in [0.2, 0.25) is 0 Å². The molecule has 4 nitrogen and oxygen atoms in total. The highest BCUT2D eigenvalue weighted by molar-refractivity contribution is 8.00. The molecule has 0 spiro atoms. The Hall–Kier alpha value is -3.05. The monoisotopic (exact) mass is 432 g/mol. The maximum Gasteiger partial charge on any atom is 0.255 e. The average molecular weight is 433 g/mol. The molecule has 0 heterocycles. The van der Waals surface area contributed by atoms with Crippen LogP contribution < -0.4 is 10.6 Å². The normalized spacial score (nSPS) is 11.8. The van der Waals surface area contributed by atoms with Crippen LogP contribution in [0, 0.1) is 6.92 Å². The molecular weight excluding hydrogens is 404 g/mol. The largest absolute Gasteiger partial charge is 0.325 e. The Morgan fingerprint density at radius 1 is 0.806 bits per heavy atom. The van der Waals surface area contributed by atoms with Crippen LogP contribution in [0.3, 0.4) is 0 Å². The molecule has 0 radical (unpaired) electrons. The Morgan fingerprint density at radius 2 is 1.52 bits per heavy atom. The minimum absolute atomic E-state index is 0.0588. The Kier molecular flexibility index (Phi) is 7.53. The molecule has 3 aromatic rings. The van der Waals surface area contributed by atoms with E-state index in [4.69, 9.17) is 0 Å². The number of rotatable bonds is 7. The van der Waals surface area contributed by atoms with Gasteiger partial charge in [0.25, 0.3) is 5.91 Å². The fourth-order valence-corrected chi connectivity index (χ4v) is 4.02. The molecule has 1 unspecified atom stereocenters. The Morgan fingerprint density at radius 3 is 2.19 bits per heavy atom. The fourth-order valence-electron chi connectivity index (χ4n) is 3.09. The van der Waals surface area contributed by atoms with Gasteiger partial charge in [0.1, 0.15) is 0 Å². The van der Waals surface area contributed by atoms with Crippen molar-refractivity contribution in [1.29, 1.82) is 0 Å². The third-order valence-corrected chi connectivity index (χ3v) is 5.99. The lowest BCUT2D eigenvalue weighted by Gasteiger charge is -2.14. The van der Waals surface area contributed by atoms with Gasteiger partial charge < -0.3 is 10.6 Å². The summed E-state index contributed by atoms with van der Waals surface area (Å²) in [6.45, 7) is 8.12. The van der Waals surface area contributed by atoms with Crippen molar-refractivity contribution < 1.29 is 9.59 Å². The lowest BCUT2D eigenvalue weighted by Crippen LogP contribution is -2.22. The van der Waals surface area contributed by atoms with E-state index in [1.54, 1.807) is 6.07 Å². The summed E-state index contributed by atoms with van der Waals surface area (Å²) in [5.41, 5.74) is 4.39. The summed E-state index contributed by atoms with van der Waals surface area (Å²) in [7, 11) is 0. The van der Waals surface area contributed by atoms with Crippen molar-refractivity contribution in [2.24, 2.45) is 0 Å². The molecule has 0 aliphatic rings. The first-order valence-electron chi connectivity index (χ1n) is 10.4. The maximum atomic E-state index is 12.6. The maximum absolute atomic E-state index is 12.6. The van der Waals surface area contributed by atoms with Crippen LogP contribution in [-0.2, 0) is 4.79 Å². The van der Waals surface area contributed by atoms with Gasteiger partial charge in [0, 0.05) is 21.8 Å². The number of aryl methyl sites for hydroxylation is 1. The van der Waals surface area contributed by atoms with Crippen LogP contribution >= 0.6 is 11.8 Å². The number of amides is 2. The molecule has 2 N–H and O–H groups in total. The van der Waals surface area contributed by atoms with Crippen LogP contribution in [0.15, 0.2) is 77.7 Å². The van der Waals surface area contributed by atoms with Crippen LogP contribution in [-0.4, -0.2) is 17.1 Å².